The summed E-state index contributed by atoms with van der Waals surface area (Å²) in [5.74, 6) is 0.716. The molecule has 1 aliphatic rings. The Balaban J connectivity index is 0.00000364. The average molecular weight is 555 g/mol. The van der Waals surface area contributed by atoms with Crippen LogP contribution in [0.2, 0.25) is 0 Å². The van der Waals surface area contributed by atoms with Crippen LogP contribution < -0.4 is 10.6 Å². The van der Waals surface area contributed by atoms with Gasteiger partial charge in [0.2, 0.25) is 5.91 Å². The predicted molar refractivity (Wildman–Crippen MR) is 122 cm³/mol. The highest BCUT2D eigenvalue weighted by Gasteiger charge is 2.24. The van der Waals surface area contributed by atoms with Crippen LogP contribution in [0, 0.1) is 11.7 Å². The molecule has 1 aromatic carbocycles. The van der Waals surface area contributed by atoms with Crippen LogP contribution in [-0.2, 0) is 11.3 Å². The Hall–Kier alpha value is -0.900. The molecule has 1 aliphatic heterocycles. The second-order valence-electron chi connectivity index (χ2n) is 6.84. The highest BCUT2D eigenvalue weighted by Crippen LogP contribution is 2.17. The minimum Gasteiger partial charge on any atom is -0.357 e. The van der Waals surface area contributed by atoms with Crippen molar-refractivity contribution < 1.29 is 9.18 Å². The number of aliphatic imine (C=N–C) groups is 1. The third-order valence-corrected chi connectivity index (χ3v) is 5.03. The fraction of sp³-hybridized carbons (Fsp3) is 0.579. The van der Waals surface area contributed by atoms with Crippen LogP contribution in [0.15, 0.2) is 27.7 Å². The second kappa shape index (κ2) is 11.8. The molecule has 8 heteroatoms. The molecule has 27 heavy (non-hydrogen) atoms. The number of nitrogens with zero attached hydrogens (tertiary/aromatic N) is 2. The number of halogens is 3. The smallest absolute Gasteiger partial charge is 0.225 e. The highest BCUT2D eigenvalue weighted by atomic mass is 127. The summed E-state index contributed by atoms with van der Waals surface area (Å²) in [5.41, 5.74) is 0.820. The molecule has 1 aromatic rings. The second-order valence-corrected chi connectivity index (χ2v) is 7.70. The summed E-state index contributed by atoms with van der Waals surface area (Å²) in [6, 6.07) is 5.33. The first-order valence-electron chi connectivity index (χ1n) is 9.18. The van der Waals surface area contributed by atoms with Gasteiger partial charge in [-0.25, -0.2) is 9.38 Å². The van der Waals surface area contributed by atoms with E-state index in [1.807, 2.05) is 31.7 Å². The van der Waals surface area contributed by atoms with E-state index in [2.05, 4.69) is 31.6 Å². The molecule has 2 N–H and O–H groups in total. The van der Waals surface area contributed by atoms with Crippen molar-refractivity contribution in [3.05, 3.63) is 34.1 Å². The largest absolute Gasteiger partial charge is 0.357 e. The van der Waals surface area contributed by atoms with Gasteiger partial charge in [0.05, 0.1) is 11.0 Å². The van der Waals surface area contributed by atoms with Gasteiger partial charge in [-0.1, -0.05) is 19.9 Å². The van der Waals surface area contributed by atoms with Gasteiger partial charge in [0, 0.05) is 31.6 Å². The molecule has 1 fully saturated rings. The number of rotatable bonds is 5. The molecule has 0 spiro atoms. The number of hydrogen-bond acceptors (Lipinski definition) is 2. The van der Waals surface area contributed by atoms with Crippen LogP contribution in [0.3, 0.4) is 0 Å². The topological polar surface area (TPSA) is 56.7 Å². The molecule has 0 unspecified atom stereocenters. The summed E-state index contributed by atoms with van der Waals surface area (Å²) >= 11 is 3.16. The molecule has 1 saturated heterocycles. The van der Waals surface area contributed by atoms with Gasteiger partial charge < -0.3 is 15.5 Å². The lowest BCUT2D eigenvalue weighted by molar-refractivity contribution is -0.135. The first kappa shape index (κ1) is 24.1. The van der Waals surface area contributed by atoms with Crippen molar-refractivity contribution in [1.29, 1.82) is 0 Å². The number of hydrogen-bond donors (Lipinski definition) is 2. The fourth-order valence-electron chi connectivity index (χ4n) is 2.93. The molecular weight excluding hydrogens is 526 g/mol. The van der Waals surface area contributed by atoms with Gasteiger partial charge in [-0.3, -0.25) is 4.79 Å². The summed E-state index contributed by atoms with van der Waals surface area (Å²) in [4.78, 5) is 18.6. The van der Waals surface area contributed by atoms with Crippen molar-refractivity contribution in [2.24, 2.45) is 10.9 Å². The number of carbonyl (C=O) groups is 1. The maximum Gasteiger partial charge on any atom is 0.225 e. The van der Waals surface area contributed by atoms with Crippen molar-refractivity contribution >= 4 is 51.8 Å². The van der Waals surface area contributed by atoms with Crippen molar-refractivity contribution in [2.45, 2.75) is 46.2 Å². The number of piperidine rings is 1. The monoisotopic (exact) mass is 554 g/mol. The van der Waals surface area contributed by atoms with E-state index in [0.717, 1.165) is 44.0 Å². The number of nitrogens with one attached hydrogen (secondary N) is 2. The molecule has 152 valence electrons. The van der Waals surface area contributed by atoms with E-state index < -0.39 is 0 Å². The van der Waals surface area contributed by atoms with Crippen LogP contribution >= 0.6 is 39.9 Å². The summed E-state index contributed by atoms with van der Waals surface area (Å²) < 4.78 is 14.1. The Kier molecular flexibility index (Phi) is 10.6. The SMILES string of the molecule is CCNC(=NCc1ccc(Br)c(F)c1)NC1CCN(C(=O)C(C)C)CC1.I. The Morgan fingerprint density at radius 3 is 2.59 bits per heavy atom. The van der Waals surface area contributed by atoms with Crippen LogP contribution in [0.5, 0.6) is 0 Å². The quantitative estimate of drug-likeness (QED) is 0.330. The van der Waals surface area contributed by atoms with Gasteiger partial charge >= 0.3 is 0 Å². The number of likely N-dealkylation sites (tertiary alicyclic amines) is 1. The van der Waals surface area contributed by atoms with Gasteiger partial charge in [0.15, 0.2) is 5.96 Å². The van der Waals surface area contributed by atoms with Gasteiger partial charge in [0.25, 0.3) is 0 Å². The lowest BCUT2D eigenvalue weighted by Crippen LogP contribution is -2.50. The number of guanidine groups is 1. The Morgan fingerprint density at radius 2 is 2.04 bits per heavy atom. The third kappa shape index (κ3) is 7.56. The van der Waals surface area contributed by atoms with Crippen LogP contribution in [0.4, 0.5) is 4.39 Å². The zero-order valence-corrected chi connectivity index (χ0v) is 20.0. The summed E-state index contributed by atoms with van der Waals surface area (Å²) in [6.07, 6.45) is 1.80. The molecular formula is C19H29BrFIN4O. The third-order valence-electron chi connectivity index (χ3n) is 4.39. The van der Waals surface area contributed by atoms with Gasteiger partial charge in [0.1, 0.15) is 5.82 Å². The average Bonchev–Trinajstić information content (AvgIpc) is 2.62. The Morgan fingerprint density at radius 1 is 1.37 bits per heavy atom. The number of carbonyl (C=O) groups excluding carboxylic acids is 1. The zero-order valence-electron chi connectivity index (χ0n) is 16.1. The molecule has 0 atom stereocenters. The van der Waals surface area contributed by atoms with Crippen LogP contribution in [-0.4, -0.2) is 42.4 Å². The van der Waals surface area contributed by atoms with E-state index in [1.165, 1.54) is 6.07 Å². The number of benzene rings is 1. The van der Waals surface area contributed by atoms with Crippen LogP contribution in [0.25, 0.3) is 0 Å². The fourth-order valence-corrected chi connectivity index (χ4v) is 3.18. The minimum atomic E-state index is -0.280. The highest BCUT2D eigenvalue weighted by molar-refractivity contribution is 14.0. The molecule has 0 radical (unpaired) electrons. The summed E-state index contributed by atoms with van der Waals surface area (Å²) in [6.45, 7) is 8.59. The molecule has 0 aromatic heterocycles. The zero-order chi connectivity index (χ0) is 19.1. The first-order valence-corrected chi connectivity index (χ1v) is 9.97. The molecule has 0 aliphatic carbocycles. The summed E-state index contributed by atoms with van der Waals surface area (Å²) in [5, 5.41) is 6.67. The van der Waals surface area contributed by atoms with E-state index >= 15 is 0 Å². The van der Waals surface area contributed by atoms with Crippen molar-refractivity contribution in [2.75, 3.05) is 19.6 Å². The molecule has 0 saturated carbocycles. The molecule has 2 rings (SSSR count). The van der Waals surface area contributed by atoms with E-state index in [1.54, 1.807) is 6.07 Å². The molecule has 0 bridgehead atoms. The predicted octanol–water partition coefficient (Wildman–Crippen LogP) is 3.91. The maximum atomic E-state index is 13.6. The molecule has 1 amide bonds. The van der Waals surface area contributed by atoms with Gasteiger partial charge in [-0.2, -0.15) is 0 Å². The van der Waals surface area contributed by atoms with E-state index in [4.69, 9.17) is 0 Å². The minimum absolute atomic E-state index is 0. The van der Waals surface area contributed by atoms with Gasteiger partial charge in [-0.05, 0) is 53.4 Å². The van der Waals surface area contributed by atoms with Gasteiger partial charge in [-0.15, -0.1) is 24.0 Å². The normalized spacial score (nSPS) is 15.5. The Bertz CT molecular complexity index is 649. The van der Waals surface area contributed by atoms with Crippen LogP contribution in [0.1, 0.15) is 39.2 Å². The molecule has 5 nitrogen and oxygen atoms in total. The number of amides is 1. The lowest BCUT2D eigenvalue weighted by Gasteiger charge is -2.34. The van der Waals surface area contributed by atoms with Crippen molar-refractivity contribution in [3.63, 3.8) is 0 Å². The lowest BCUT2D eigenvalue weighted by atomic mass is 10.0. The summed E-state index contributed by atoms with van der Waals surface area (Å²) in [7, 11) is 0. The Labute approximate surface area is 186 Å². The van der Waals surface area contributed by atoms with E-state index in [0.29, 0.717) is 11.0 Å². The molecule has 1 heterocycles. The van der Waals surface area contributed by atoms with E-state index in [9.17, 15) is 9.18 Å². The maximum absolute atomic E-state index is 13.6. The van der Waals surface area contributed by atoms with Crippen molar-refractivity contribution in [1.82, 2.24) is 15.5 Å². The first-order chi connectivity index (χ1) is 12.4. The standard InChI is InChI=1S/C19H28BrFN4O.HI/c1-4-22-19(23-12-14-5-6-16(20)17(21)11-14)24-15-7-9-25(10-8-15)18(26)13(2)3;/h5-6,11,13,15H,4,7-10,12H2,1-3H3,(H2,22,23,24);1H. The van der Waals surface area contributed by atoms with Crippen molar-refractivity contribution in [3.8, 4) is 0 Å². The van der Waals surface area contributed by atoms with E-state index in [-0.39, 0.29) is 47.7 Å².